The highest BCUT2D eigenvalue weighted by atomic mass is 35.5. The first kappa shape index (κ1) is 14.5. The minimum Gasteiger partial charge on any atom is -0.354 e. The second kappa shape index (κ2) is 8.53. The largest absolute Gasteiger partial charge is 0.354 e. The van der Waals surface area contributed by atoms with E-state index in [0.717, 1.165) is 5.56 Å². The molecule has 4 nitrogen and oxygen atoms in total. The predicted molar refractivity (Wildman–Crippen MR) is 71.5 cm³/mol. The van der Waals surface area contributed by atoms with Gasteiger partial charge in [-0.1, -0.05) is 30.3 Å². The lowest BCUT2D eigenvalue weighted by Gasteiger charge is -2.06. The molecule has 0 bridgehead atoms. The third kappa shape index (κ3) is 6.25. The van der Waals surface area contributed by atoms with Crippen molar-refractivity contribution < 1.29 is 9.59 Å². The molecule has 98 valence electrons. The van der Waals surface area contributed by atoms with Crippen LogP contribution in [0.3, 0.4) is 0 Å². The zero-order chi connectivity index (χ0) is 13.2. The molecule has 0 aliphatic carbocycles. The van der Waals surface area contributed by atoms with Gasteiger partial charge in [-0.3, -0.25) is 9.59 Å². The van der Waals surface area contributed by atoms with Crippen LogP contribution in [0.5, 0.6) is 0 Å². The van der Waals surface area contributed by atoms with E-state index in [-0.39, 0.29) is 11.8 Å². The van der Waals surface area contributed by atoms with Crippen LogP contribution < -0.4 is 10.6 Å². The Balaban J connectivity index is 2.12. The van der Waals surface area contributed by atoms with E-state index < -0.39 is 0 Å². The Hall–Kier alpha value is -1.55. The summed E-state index contributed by atoms with van der Waals surface area (Å²) in [4.78, 5) is 22.6. The van der Waals surface area contributed by atoms with E-state index in [1.54, 1.807) is 0 Å². The number of halogens is 1. The van der Waals surface area contributed by atoms with Crippen molar-refractivity contribution in [3.8, 4) is 0 Å². The second-order valence-electron chi connectivity index (χ2n) is 3.80. The quantitative estimate of drug-likeness (QED) is 0.575. The molecule has 0 radical (unpaired) electrons. The van der Waals surface area contributed by atoms with Crippen molar-refractivity contribution in [3.63, 3.8) is 0 Å². The van der Waals surface area contributed by atoms with E-state index in [1.165, 1.54) is 0 Å². The normalized spacial score (nSPS) is 9.83. The van der Waals surface area contributed by atoms with Crippen molar-refractivity contribution in [2.24, 2.45) is 0 Å². The van der Waals surface area contributed by atoms with Crippen molar-refractivity contribution in [1.82, 2.24) is 10.6 Å². The smallest absolute Gasteiger partial charge is 0.224 e. The first-order valence-corrected chi connectivity index (χ1v) is 6.39. The van der Waals surface area contributed by atoms with Crippen molar-refractivity contribution in [2.75, 3.05) is 19.0 Å². The molecule has 0 saturated carbocycles. The second-order valence-corrected chi connectivity index (χ2v) is 4.18. The molecule has 2 N–H and O–H groups in total. The highest BCUT2D eigenvalue weighted by Gasteiger charge is 2.02. The van der Waals surface area contributed by atoms with Crippen LogP contribution in [-0.4, -0.2) is 30.8 Å². The third-order valence-electron chi connectivity index (χ3n) is 2.30. The van der Waals surface area contributed by atoms with Crippen molar-refractivity contribution in [1.29, 1.82) is 0 Å². The first-order valence-electron chi connectivity index (χ1n) is 5.85. The van der Waals surface area contributed by atoms with Crippen molar-refractivity contribution in [2.45, 2.75) is 12.8 Å². The molecule has 1 rings (SSSR count). The van der Waals surface area contributed by atoms with Crippen LogP contribution in [0.15, 0.2) is 30.3 Å². The summed E-state index contributed by atoms with van der Waals surface area (Å²) in [5.41, 5.74) is 0.973. The van der Waals surface area contributed by atoms with Gasteiger partial charge in [0.1, 0.15) is 0 Å². The molecule has 0 heterocycles. The van der Waals surface area contributed by atoms with Crippen LogP contribution >= 0.6 is 11.6 Å². The van der Waals surface area contributed by atoms with Gasteiger partial charge in [0.25, 0.3) is 0 Å². The lowest BCUT2D eigenvalue weighted by molar-refractivity contribution is -0.122. The number of amides is 2. The number of hydrogen-bond acceptors (Lipinski definition) is 2. The van der Waals surface area contributed by atoms with Gasteiger partial charge in [-0.15, -0.1) is 11.6 Å². The van der Waals surface area contributed by atoms with Gasteiger partial charge in [-0.2, -0.15) is 0 Å². The highest BCUT2D eigenvalue weighted by molar-refractivity contribution is 6.18. The average Bonchev–Trinajstić information content (AvgIpc) is 2.36. The Morgan fingerprint density at radius 2 is 1.61 bits per heavy atom. The van der Waals surface area contributed by atoms with Gasteiger partial charge in [0, 0.05) is 25.4 Å². The van der Waals surface area contributed by atoms with Gasteiger partial charge in [0.05, 0.1) is 6.42 Å². The molecule has 0 saturated heterocycles. The van der Waals surface area contributed by atoms with Crippen LogP contribution in [0.1, 0.15) is 12.0 Å². The fourth-order valence-electron chi connectivity index (χ4n) is 1.42. The Bertz CT molecular complexity index is 382. The van der Waals surface area contributed by atoms with Crippen molar-refractivity contribution >= 4 is 23.4 Å². The SMILES string of the molecule is O=C(CCCl)NCCNC(=O)Cc1ccccc1. The predicted octanol–water partition coefficient (Wildman–Crippen LogP) is 1.09. The summed E-state index contributed by atoms with van der Waals surface area (Å²) in [6, 6.07) is 9.52. The maximum absolute atomic E-state index is 11.5. The molecular weight excluding hydrogens is 252 g/mol. The minimum atomic E-state index is -0.0951. The van der Waals surface area contributed by atoms with E-state index in [0.29, 0.717) is 31.8 Å². The zero-order valence-corrected chi connectivity index (χ0v) is 10.9. The Morgan fingerprint density at radius 1 is 1.00 bits per heavy atom. The number of carbonyl (C=O) groups excluding carboxylic acids is 2. The van der Waals surface area contributed by atoms with Crippen LogP contribution in [0.4, 0.5) is 0 Å². The molecule has 0 aliphatic heterocycles. The lowest BCUT2D eigenvalue weighted by atomic mass is 10.1. The van der Waals surface area contributed by atoms with Gasteiger partial charge < -0.3 is 10.6 Å². The molecule has 0 atom stereocenters. The molecule has 0 spiro atoms. The van der Waals surface area contributed by atoms with Gasteiger partial charge in [0.15, 0.2) is 0 Å². The van der Waals surface area contributed by atoms with Gasteiger partial charge in [-0.05, 0) is 5.56 Å². The van der Waals surface area contributed by atoms with Crippen LogP contribution in [-0.2, 0) is 16.0 Å². The lowest BCUT2D eigenvalue weighted by Crippen LogP contribution is -2.35. The van der Waals surface area contributed by atoms with E-state index in [9.17, 15) is 9.59 Å². The Labute approximate surface area is 112 Å². The molecule has 1 aromatic rings. The molecule has 0 aromatic heterocycles. The highest BCUT2D eigenvalue weighted by Crippen LogP contribution is 1.98. The zero-order valence-electron chi connectivity index (χ0n) is 10.1. The summed E-state index contributed by atoms with van der Waals surface area (Å²) >= 11 is 5.42. The number of hydrogen-bond donors (Lipinski definition) is 2. The fraction of sp³-hybridized carbons (Fsp3) is 0.385. The summed E-state index contributed by atoms with van der Waals surface area (Å²) in [5, 5.41) is 5.41. The van der Waals surface area contributed by atoms with E-state index >= 15 is 0 Å². The first-order chi connectivity index (χ1) is 8.72. The molecule has 18 heavy (non-hydrogen) atoms. The van der Waals surface area contributed by atoms with Crippen molar-refractivity contribution in [3.05, 3.63) is 35.9 Å². The number of alkyl halides is 1. The summed E-state index contributed by atoms with van der Waals surface area (Å²) in [6.07, 6.45) is 0.663. The molecule has 5 heteroatoms. The van der Waals surface area contributed by atoms with Gasteiger partial charge >= 0.3 is 0 Å². The van der Waals surface area contributed by atoms with E-state index in [2.05, 4.69) is 10.6 Å². The Kier molecular flexibility index (Phi) is 6.87. The number of carbonyl (C=O) groups is 2. The number of benzene rings is 1. The Morgan fingerprint density at radius 3 is 2.22 bits per heavy atom. The monoisotopic (exact) mass is 268 g/mol. The molecule has 0 aliphatic rings. The third-order valence-corrected chi connectivity index (χ3v) is 2.49. The van der Waals surface area contributed by atoms with Gasteiger partial charge in [0.2, 0.25) is 11.8 Å². The molecule has 2 amide bonds. The maximum Gasteiger partial charge on any atom is 0.224 e. The molecule has 1 aromatic carbocycles. The van der Waals surface area contributed by atoms with E-state index in [1.807, 2.05) is 30.3 Å². The minimum absolute atomic E-state index is 0.0483. The van der Waals surface area contributed by atoms with Crippen LogP contribution in [0.2, 0.25) is 0 Å². The number of rotatable bonds is 7. The van der Waals surface area contributed by atoms with Gasteiger partial charge in [-0.25, -0.2) is 0 Å². The average molecular weight is 269 g/mol. The van der Waals surface area contributed by atoms with E-state index in [4.69, 9.17) is 11.6 Å². The fourth-order valence-corrected chi connectivity index (χ4v) is 1.59. The van der Waals surface area contributed by atoms with Crippen LogP contribution in [0.25, 0.3) is 0 Å². The molecular formula is C13H17ClN2O2. The molecule has 0 unspecified atom stereocenters. The summed E-state index contributed by atoms with van der Waals surface area (Å²) in [6.45, 7) is 0.857. The number of nitrogens with one attached hydrogen (secondary N) is 2. The maximum atomic E-state index is 11.5. The van der Waals surface area contributed by atoms with Crippen LogP contribution in [0, 0.1) is 0 Å². The summed E-state index contributed by atoms with van der Waals surface area (Å²) in [5.74, 6) is 0.168. The molecule has 0 fully saturated rings. The standard InChI is InChI=1S/C13H17ClN2O2/c14-7-6-12(17)15-8-9-16-13(18)10-11-4-2-1-3-5-11/h1-5H,6-10H2,(H,15,17)(H,16,18). The summed E-state index contributed by atoms with van der Waals surface area (Å²) < 4.78 is 0. The topological polar surface area (TPSA) is 58.2 Å². The summed E-state index contributed by atoms with van der Waals surface area (Å²) in [7, 11) is 0.